The zero-order valence-corrected chi connectivity index (χ0v) is 10.5. The van der Waals surface area contributed by atoms with Gasteiger partial charge in [-0.25, -0.2) is 0 Å². The lowest BCUT2D eigenvalue weighted by molar-refractivity contribution is 1.44. The van der Waals surface area contributed by atoms with Gasteiger partial charge in [0.15, 0.2) is 0 Å². The van der Waals surface area contributed by atoms with Gasteiger partial charge in [-0.1, -0.05) is 30.3 Å². The minimum atomic E-state index is 0.143. The molecule has 0 bridgehead atoms. The first-order valence-electron chi connectivity index (χ1n) is 4.79. The van der Waals surface area contributed by atoms with E-state index in [-0.39, 0.29) is 5.84 Å². The molecule has 0 amide bonds. The van der Waals surface area contributed by atoms with Crippen molar-refractivity contribution in [1.29, 1.82) is 5.41 Å². The molecule has 0 fully saturated rings. The summed E-state index contributed by atoms with van der Waals surface area (Å²) in [6.07, 6.45) is 2.04. The normalized spacial score (nSPS) is 10.3. The molecule has 0 saturated heterocycles. The second-order valence-corrected chi connectivity index (χ2v) is 5.02. The zero-order valence-electron chi connectivity index (χ0n) is 8.86. The van der Waals surface area contributed by atoms with Crippen molar-refractivity contribution in [3.8, 4) is 11.1 Å². The van der Waals surface area contributed by atoms with Gasteiger partial charge in [-0.05, 0) is 11.8 Å². The van der Waals surface area contributed by atoms with Gasteiger partial charge in [-0.2, -0.15) is 0 Å². The van der Waals surface area contributed by atoms with Crippen LogP contribution in [0.25, 0.3) is 11.1 Å². The van der Waals surface area contributed by atoms with E-state index in [0.717, 1.165) is 16.0 Å². The van der Waals surface area contributed by atoms with E-state index in [9.17, 15) is 0 Å². The molecule has 0 saturated carbocycles. The van der Waals surface area contributed by atoms with Crippen LogP contribution >= 0.6 is 23.1 Å². The van der Waals surface area contributed by atoms with E-state index in [4.69, 9.17) is 11.1 Å². The number of thiophene rings is 1. The van der Waals surface area contributed by atoms with Crippen LogP contribution in [0.2, 0.25) is 0 Å². The fourth-order valence-corrected chi connectivity index (χ4v) is 3.40. The molecule has 3 N–H and O–H groups in total. The van der Waals surface area contributed by atoms with E-state index in [1.807, 2.05) is 36.6 Å². The largest absolute Gasteiger partial charge is 0.383 e. The Balaban J connectivity index is 2.62. The smallest absolute Gasteiger partial charge is 0.133 e. The highest BCUT2D eigenvalue weighted by molar-refractivity contribution is 7.98. The maximum absolute atomic E-state index is 7.59. The van der Waals surface area contributed by atoms with Crippen LogP contribution in [0.1, 0.15) is 4.88 Å². The van der Waals surface area contributed by atoms with Gasteiger partial charge in [-0.15, -0.1) is 23.1 Å². The van der Waals surface area contributed by atoms with Crippen molar-refractivity contribution >= 4 is 28.9 Å². The van der Waals surface area contributed by atoms with E-state index in [0.29, 0.717) is 0 Å². The van der Waals surface area contributed by atoms with Crippen LogP contribution in [-0.2, 0) is 0 Å². The van der Waals surface area contributed by atoms with Crippen molar-refractivity contribution in [1.82, 2.24) is 0 Å². The minimum absolute atomic E-state index is 0.143. The summed E-state index contributed by atoms with van der Waals surface area (Å²) >= 11 is 3.22. The Labute approximate surface area is 103 Å². The monoisotopic (exact) mass is 248 g/mol. The standard InChI is InChI=1S/C12H12N2S2/c1-15-9-7-16-11(12(13)14)10(9)8-5-3-2-4-6-8/h2-7H,1H3,(H3,13,14). The minimum Gasteiger partial charge on any atom is -0.383 e. The summed E-state index contributed by atoms with van der Waals surface area (Å²) in [6.45, 7) is 0. The van der Waals surface area contributed by atoms with E-state index < -0.39 is 0 Å². The number of thioether (sulfide) groups is 1. The maximum Gasteiger partial charge on any atom is 0.133 e. The Kier molecular flexibility index (Phi) is 3.31. The highest BCUT2D eigenvalue weighted by atomic mass is 32.2. The van der Waals surface area contributed by atoms with E-state index in [2.05, 4.69) is 5.38 Å². The van der Waals surface area contributed by atoms with Crippen molar-refractivity contribution in [3.63, 3.8) is 0 Å². The molecule has 4 heteroatoms. The number of amidine groups is 1. The summed E-state index contributed by atoms with van der Waals surface area (Å²) in [5.74, 6) is 0.143. The Bertz CT molecular complexity index is 503. The fourth-order valence-electron chi connectivity index (χ4n) is 1.57. The molecule has 82 valence electrons. The molecule has 2 aromatic rings. The Morgan fingerprint density at radius 1 is 1.31 bits per heavy atom. The molecular weight excluding hydrogens is 236 g/mol. The zero-order chi connectivity index (χ0) is 11.5. The van der Waals surface area contributed by atoms with Gasteiger partial charge in [0, 0.05) is 15.8 Å². The third kappa shape index (κ3) is 1.99. The number of benzene rings is 1. The number of hydrogen-bond donors (Lipinski definition) is 2. The molecule has 0 aliphatic carbocycles. The fraction of sp³-hybridized carbons (Fsp3) is 0.0833. The highest BCUT2D eigenvalue weighted by Gasteiger charge is 2.14. The van der Waals surface area contributed by atoms with Crippen LogP contribution in [-0.4, -0.2) is 12.1 Å². The van der Waals surface area contributed by atoms with Gasteiger partial charge >= 0.3 is 0 Å². The van der Waals surface area contributed by atoms with Gasteiger partial charge < -0.3 is 5.73 Å². The molecule has 1 heterocycles. The Hall–Kier alpha value is -1.26. The molecule has 2 nitrogen and oxygen atoms in total. The summed E-state index contributed by atoms with van der Waals surface area (Å²) in [4.78, 5) is 2.04. The predicted molar refractivity (Wildman–Crippen MR) is 72.6 cm³/mol. The highest BCUT2D eigenvalue weighted by Crippen LogP contribution is 2.37. The van der Waals surface area contributed by atoms with Crippen LogP contribution in [0.4, 0.5) is 0 Å². The molecule has 1 aromatic carbocycles. The quantitative estimate of drug-likeness (QED) is 0.497. The average molecular weight is 248 g/mol. The lowest BCUT2D eigenvalue weighted by Crippen LogP contribution is -2.10. The van der Waals surface area contributed by atoms with Crippen LogP contribution < -0.4 is 5.73 Å². The lowest BCUT2D eigenvalue weighted by Gasteiger charge is -2.05. The second-order valence-electron chi connectivity index (χ2n) is 3.29. The molecule has 0 aliphatic rings. The number of nitrogen functional groups attached to an aromatic ring is 1. The van der Waals surface area contributed by atoms with Crippen molar-refractivity contribution in [2.75, 3.05) is 6.26 Å². The molecule has 2 rings (SSSR count). The molecule has 0 spiro atoms. The van der Waals surface area contributed by atoms with E-state index in [1.54, 1.807) is 11.8 Å². The third-order valence-electron chi connectivity index (χ3n) is 2.28. The van der Waals surface area contributed by atoms with Gasteiger partial charge in [0.2, 0.25) is 0 Å². The SMILES string of the molecule is CSc1csc(C(=N)N)c1-c1ccccc1. The van der Waals surface area contributed by atoms with Crippen LogP contribution in [0, 0.1) is 5.41 Å². The Morgan fingerprint density at radius 2 is 2.00 bits per heavy atom. The van der Waals surface area contributed by atoms with Crippen molar-refractivity contribution in [2.24, 2.45) is 5.73 Å². The third-order valence-corrected chi connectivity index (χ3v) is 4.21. The van der Waals surface area contributed by atoms with Gasteiger partial charge in [0.25, 0.3) is 0 Å². The number of rotatable bonds is 3. The summed E-state index contributed by atoms with van der Waals surface area (Å²) in [6, 6.07) is 10.1. The average Bonchev–Trinajstić information content (AvgIpc) is 2.73. The van der Waals surface area contributed by atoms with Gasteiger partial charge in [0.1, 0.15) is 5.84 Å². The first kappa shape index (κ1) is 11.2. The van der Waals surface area contributed by atoms with Crippen LogP contribution in [0.15, 0.2) is 40.6 Å². The van der Waals surface area contributed by atoms with E-state index in [1.165, 1.54) is 16.2 Å². The molecule has 0 atom stereocenters. The molecule has 0 radical (unpaired) electrons. The van der Waals surface area contributed by atoms with Crippen molar-refractivity contribution in [3.05, 3.63) is 40.6 Å². The summed E-state index contributed by atoms with van der Waals surface area (Å²) in [7, 11) is 0. The Morgan fingerprint density at radius 3 is 2.56 bits per heavy atom. The first-order valence-corrected chi connectivity index (χ1v) is 6.89. The number of nitrogens with two attached hydrogens (primary N) is 1. The molecule has 0 unspecified atom stereocenters. The predicted octanol–water partition coefficient (Wildman–Crippen LogP) is 3.42. The van der Waals surface area contributed by atoms with Crippen LogP contribution in [0.5, 0.6) is 0 Å². The van der Waals surface area contributed by atoms with Gasteiger partial charge in [-0.3, -0.25) is 5.41 Å². The van der Waals surface area contributed by atoms with Crippen molar-refractivity contribution < 1.29 is 0 Å². The molecule has 16 heavy (non-hydrogen) atoms. The number of hydrogen-bond acceptors (Lipinski definition) is 3. The van der Waals surface area contributed by atoms with Crippen LogP contribution in [0.3, 0.4) is 0 Å². The van der Waals surface area contributed by atoms with Gasteiger partial charge in [0.05, 0.1) is 4.88 Å². The molecular formula is C12H12N2S2. The van der Waals surface area contributed by atoms with E-state index >= 15 is 0 Å². The lowest BCUT2D eigenvalue weighted by atomic mass is 10.1. The molecule has 0 aliphatic heterocycles. The van der Waals surface area contributed by atoms with Crippen molar-refractivity contribution in [2.45, 2.75) is 4.90 Å². The second kappa shape index (κ2) is 4.72. The first-order chi connectivity index (χ1) is 7.74. The summed E-state index contributed by atoms with van der Waals surface area (Å²) < 4.78 is 0. The summed E-state index contributed by atoms with van der Waals surface area (Å²) in [5, 5.41) is 9.65. The topological polar surface area (TPSA) is 49.9 Å². The maximum atomic E-state index is 7.59. The summed E-state index contributed by atoms with van der Waals surface area (Å²) in [5.41, 5.74) is 7.82. The number of nitrogens with one attached hydrogen (secondary N) is 1. The molecule has 1 aromatic heterocycles.